The minimum Gasteiger partial charge on any atom is -0.505 e. The fourth-order valence-corrected chi connectivity index (χ4v) is 2.57. The first-order valence-corrected chi connectivity index (χ1v) is 6.85. The number of sulfonamides is 1. The largest absolute Gasteiger partial charge is 0.505 e. The van der Waals surface area contributed by atoms with E-state index in [1.807, 2.05) is 0 Å². The Hall–Kier alpha value is -2.55. The van der Waals surface area contributed by atoms with Crippen molar-refractivity contribution in [1.82, 2.24) is 9.55 Å². The molecule has 0 amide bonds. The zero-order valence-corrected chi connectivity index (χ0v) is 11.1. The Morgan fingerprint density at radius 3 is 2.65 bits per heavy atom. The third-order valence-electron chi connectivity index (χ3n) is 2.47. The van der Waals surface area contributed by atoms with Crippen molar-refractivity contribution in [2.75, 3.05) is 4.72 Å². The van der Waals surface area contributed by atoms with E-state index < -0.39 is 27.3 Å². The number of para-hydroxylation sites is 1. The molecule has 0 fully saturated rings. The number of carboxylic acids is 1. The lowest BCUT2D eigenvalue weighted by molar-refractivity contribution is 0.0694. The zero-order valence-electron chi connectivity index (χ0n) is 10.3. The van der Waals surface area contributed by atoms with E-state index in [-0.39, 0.29) is 10.7 Å². The molecule has 2 aromatic rings. The van der Waals surface area contributed by atoms with E-state index in [9.17, 15) is 18.3 Å². The number of aromatic carboxylic acids is 1. The van der Waals surface area contributed by atoms with Crippen molar-refractivity contribution >= 4 is 21.7 Å². The first-order valence-electron chi connectivity index (χ1n) is 5.37. The fourth-order valence-electron chi connectivity index (χ4n) is 1.52. The number of hydrogen-bond acceptors (Lipinski definition) is 5. The summed E-state index contributed by atoms with van der Waals surface area (Å²) < 4.78 is 27.5. The molecular formula is C11H11N3O5S. The van der Waals surface area contributed by atoms with E-state index in [4.69, 9.17) is 5.11 Å². The molecule has 0 atom stereocenters. The lowest BCUT2D eigenvalue weighted by Gasteiger charge is -2.09. The predicted octanol–water partition coefficient (Wildman–Crippen LogP) is 0.625. The van der Waals surface area contributed by atoms with Gasteiger partial charge in [0.1, 0.15) is 5.56 Å². The second kappa shape index (κ2) is 4.85. The van der Waals surface area contributed by atoms with Gasteiger partial charge in [0.05, 0.1) is 12.0 Å². The molecule has 0 bridgehead atoms. The molecule has 0 unspecified atom stereocenters. The number of phenols is 1. The second-order valence-corrected chi connectivity index (χ2v) is 5.62. The van der Waals surface area contributed by atoms with Crippen molar-refractivity contribution in [2.24, 2.45) is 7.05 Å². The van der Waals surface area contributed by atoms with Gasteiger partial charge >= 0.3 is 5.97 Å². The number of aromatic nitrogens is 2. The van der Waals surface area contributed by atoms with Crippen molar-refractivity contribution in [3.8, 4) is 5.75 Å². The maximum atomic E-state index is 12.0. The Kier molecular flexibility index (Phi) is 3.36. The van der Waals surface area contributed by atoms with Crippen LogP contribution in [0.3, 0.4) is 0 Å². The molecule has 1 aromatic carbocycles. The molecule has 2 rings (SSSR count). The van der Waals surface area contributed by atoms with Gasteiger partial charge in [0.25, 0.3) is 10.0 Å². The number of nitrogens with one attached hydrogen (secondary N) is 1. The molecule has 0 aliphatic rings. The van der Waals surface area contributed by atoms with E-state index in [0.717, 1.165) is 6.07 Å². The van der Waals surface area contributed by atoms with Crippen LogP contribution in [-0.4, -0.2) is 34.2 Å². The number of imidazole rings is 1. The van der Waals surface area contributed by atoms with Crippen LogP contribution in [0.5, 0.6) is 5.75 Å². The van der Waals surface area contributed by atoms with Crippen molar-refractivity contribution < 1.29 is 23.4 Å². The summed E-state index contributed by atoms with van der Waals surface area (Å²) >= 11 is 0. The number of anilines is 1. The number of rotatable bonds is 4. The number of benzene rings is 1. The second-order valence-electron chi connectivity index (χ2n) is 3.99. The molecule has 0 saturated heterocycles. The minimum atomic E-state index is -3.99. The van der Waals surface area contributed by atoms with Gasteiger partial charge in [-0.05, 0) is 12.1 Å². The predicted molar refractivity (Wildman–Crippen MR) is 69.1 cm³/mol. The van der Waals surface area contributed by atoms with E-state index in [1.165, 1.54) is 29.2 Å². The minimum absolute atomic E-state index is 0.226. The fraction of sp³-hybridized carbons (Fsp3) is 0.0909. The van der Waals surface area contributed by atoms with Gasteiger partial charge in [-0.3, -0.25) is 4.72 Å². The van der Waals surface area contributed by atoms with Crippen molar-refractivity contribution in [2.45, 2.75) is 5.03 Å². The highest BCUT2D eigenvalue weighted by atomic mass is 32.2. The summed E-state index contributed by atoms with van der Waals surface area (Å²) in [5, 5.41) is 18.4. The van der Waals surface area contributed by atoms with Crippen molar-refractivity contribution in [3.05, 3.63) is 36.3 Å². The first kappa shape index (κ1) is 13.9. The summed E-state index contributed by atoms with van der Waals surface area (Å²) in [6, 6.07) is 3.73. The van der Waals surface area contributed by atoms with Gasteiger partial charge in [-0.25, -0.2) is 9.78 Å². The molecule has 0 radical (unpaired) electrons. The van der Waals surface area contributed by atoms with E-state index in [2.05, 4.69) is 9.71 Å². The van der Waals surface area contributed by atoms with Crippen LogP contribution < -0.4 is 4.72 Å². The van der Waals surface area contributed by atoms with Gasteiger partial charge in [-0.1, -0.05) is 6.07 Å². The number of aryl methyl sites for hydroxylation is 1. The van der Waals surface area contributed by atoms with E-state index in [1.54, 1.807) is 7.05 Å². The standard InChI is InChI=1S/C11H11N3O5S/c1-14-5-9(12-6-14)20(18,19)13-8-4-2-3-7(10(8)15)11(16)17/h2-6,13,15H,1H3,(H,16,17). The first-order chi connectivity index (χ1) is 9.31. The summed E-state index contributed by atoms with van der Waals surface area (Å²) in [5.74, 6) is -2.01. The van der Waals surface area contributed by atoms with Crippen LogP contribution in [-0.2, 0) is 17.1 Å². The topological polar surface area (TPSA) is 122 Å². The Morgan fingerprint density at radius 1 is 1.40 bits per heavy atom. The van der Waals surface area contributed by atoms with Crippen LogP contribution >= 0.6 is 0 Å². The van der Waals surface area contributed by atoms with Crippen LogP contribution in [0.1, 0.15) is 10.4 Å². The highest BCUT2D eigenvalue weighted by molar-refractivity contribution is 7.92. The molecule has 0 aliphatic carbocycles. The van der Waals surface area contributed by atoms with E-state index in [0.29, 0.717) is 0 Å². The van der Waals surface area contributed by atoms with Crippen LogP contribution in [0.25, 0.3) is 0 Å². The molecule has 0 aliphatic heterocycles. The highest BCUT2D eigenvalue weighted by Gasteiger charge is 2.21. The molecule has 1 heterocycles. The summed E-state index contributed by atoms with van der Waals surface area (Å²) in [7, 11) is -2.39. The lowest BCUT2D eigenvalue weighted by atomic mass is 10.2. The average molecular weight is 297 g/mol. The zero-order chi connectivity index (χ0) is 14.9. The number of carboxylic acid groups (broad SMARTS) is 1. The number of nitrogens with zero attached hydrogens (tertiary/aromatic N) is 2. The monoisotopic (exact) mass is 297 g/mol. The lowest BCUT2D eigenvalue weighted by Crippen LogP contribution is -2.14. The summed E-state index contributed by atoms with van der Waals surface area (Å²) in [4.78, 5) is 14.5. The molecule has 20 heavy (non-hydrogen) atoms. The third-order valence-corrected chi connectivity index (χ3v) is 3.72. The SMILES string of the molecule is Cn1cnc(S(=O)(=O)Nc2cccc(C(=O)O)c2O)c1. The average Bonchev–Trinajstić information content (AvgIpc) is 2.79. The maximum absolute atomic E-state index is 12.0. The van der Waals surface area contributed by atoms with Crippen LogP contribution in [0.15, 0.2) is 35.7 Å². The van der Waals surface area contributed by atoms with Gasteiger partial charge in [0, 0.05) is 13.2 Å². The molecule has 8 nitrogen and oxygen atoms in total. The molecule has 9 heteroatoms. The Morgan fingerprint density at radius 2 is 2.10 bits per heavy atom. The summed E-state index contributed by atoms with van der Waals surface area (Å²) in [6.07, 6.45) is 2.59. The third kappa shape index (κ3) is 2.57. The molecule has 106 valence electrons. The quantitative estimate of drug-likeness (QED) is 0.711. The number of hydrogen-bond donors (Lipinski definition) is 3. The van der Waals surface area contributed by atoms with Crippen LogP contribution in [0.4, 0.5) is 5.69 Å². The number of carbonyl (C=O) groups is 1. The van der Waals surface area contributed by atoms with Crippen molar-refractivity contribution in [3.63, 3.8) is 0 Å². The van der Waals surface area contributed by atoms with Gasteiger partial charge in [0.2, 0.25) is 0 Å². The number of aromatic hydroxyl groups is 1. The molecule has 0 saturated carbocycles. The van der Waals surface area contributed by atoms with Gasteiger partial charge in [-0.2, -0.15) is 8.42 Å². The van der Waals surface area contributed by atoms with Crippen molar-refractivity contribution in [1.29, 1.82) is 0 Å². The van der Waals surface area contributed by atoms with Gasteiger partial charge < -0.3 is 14.8 Å². The van der Waals surface area contributed by atoms with Crippen LogP contribution in [0, 0.1) is 0 Å². The summed E-state index contributed by atoms with van der Waals surface area (Å²) in [6.45, 7) is 0. The van der Waals surface area contributed by atoms with E-state index >= 15 is 0 Å². The molecule has 3 N–H and O–H groups in total. The normalized spacial score (nSPS) is 11.2. The van der Waals surface area contributed by atoms with Gasteiger partial charge in [-0.15, -0.1) is 0 Å². The molecule has 1 aromatic heterocycles. The molecule has 0 spiro atoms. The maximum Gasteiger partial charge on any atom is 0.339 e. The smallest absolute Gasteiger partial charge is 0.339 e. The Labute approximate surface area is 114 Å². The van der Waals surface area contributed by atoms with Crippen LogP contribution in [0.2, 0.25) is 0 Å². The summed E-state index contributed by atoms with van der Waals surface area (Å²) in [5.41, 5.74) is -0.623. The molecular weight excluding hydrogens is 286 g/mol. The van der Waals surface area contributed by atoms with Gasteiger partial charge in [0.15, 0.2) is 10.8 Å². The highest BCUT2D eigenvalue weighted by Crippen LogP contribution is 2.29. The Bertz CT molecular complexity index is 766. The Balaban J connectivity index is 2.40.